The van der Waals surface area contributed by atoms with Crippen molar-refractivity contribution in [2.24, 2.45) is 0 Å². The van der Waals surface area contributed by atoms with Gasteiger partial charge in [-0.3, -0.25) is 4.79 Å². The van der Waals surface area contributed by atoms with Gasteiger partial charge < -0.3 is 19.5 Å². The van der Waals surface area contributed by atoms with Crippen LogP contribution >= 0.6 is 27.3 Å². The fourth-order valence-electron chi connectivity index (χ4n) is 2.93. The van der Waals surface area contributed by atoms with Crippen molar-refractivity contribution in [3.8, 4) is 22.6 Å². The highest BCUT2D eigenvalue weighted by Gasteiger charge is 2.23. The average molecular weight is 490 g/mol. The number of halogens is 1. The molecule has 0 aliphatic rings. The van der Waals surface area contributed by atoms with E-state index in [9.17, 15) is 9.59 Å². The topological polar surface area (TPSA) is 73.9 Å². The highest BCUT2D eigenvalue weighted by atomic mass is 79.9. The number of hydrogen-bond acceptors (Lipinski definition) is 6. The van der Waals surface area contributed by atoms with Crippen molar-refractivity contribution in [2.75, 3.05) is 26.6 Å². The van der Waals surface area contributed by atoms with Gasteiger partial charge in [0.25, 0.3) is 0 Å². The zero-order valence-electron chi connectivity index (χ0n) is 16.7. The molecule has 0 aliphatic heterocycles. The minimum Gasteiger partial charge on any atom is -0.493 e. The van der Waals surface area contributed by atoms with Gasteiger partial charge in [-0.25, -0.2) is 4.79 Å². The van der Waals surface area contributed by atoms with Crippen LogP contribution in [0.25, 0.3) is 11.1 Å². The molecule has 30 heavy (non-hydrogen) atoms. The van der Waals surface area contributed by atoms with E-state index in [-0.39, 0.29) is 12.3 Å². The van der Waals surface area contributed by atoms with E-state index in [1.807, 2.05) is 35.7 Å². The van der Waals surface area contributed by atoms with E-state index >= 15 is 0 Å². The fourth-order valence-corrected chi connectivity index (χ4v) is 4.17. The van der Waals surface area contributed by atoms with Gasteiger partial charge in [0, 0.05) is 15.4 Å². The molecular weight excluding hydrogens is 470 g/mol. The molecule has 0 saturated carbocycles. The molecule has 1 amide bonds. The molecule has 8 heteroatoms. The SMILES string of the molecule is COC(=O)c1c(-c2ccc(OC)c(OC)c2)csc1NC(=O)Cc1ccc(Br)cc1. The summed E-state index contributed by atoms with van der Waals surface area (Å²) in [7, 11) is 4.41. The van der Waals surface area contributed by atoms with Crippen molar-refractivity contribution in [3.05, 3.63) is 63.4 Å². The highest BCUT2D eigenvalue weighted by Crippen LogP contribution is 2.39. The second kappa shape index (κ2) is 9.77. The zero-order valence-corrected chi connectivity index (χ0v) is 19.1. The molecular formula is C22H20BrNO5S. The molecule has 0 spiro atoms. The first-order chi connectivity index (χ1) is 14.5. The largest absolute Gasteiger partial charge is 0.493 e. The number of nitrogens with one attached hydrogen (secondary N) is 1. The van der Waals surface area contributed by atoms with Gasteiger partial charge >= 0.3 is 5.97 Å². The first-order valence-corrected chi connectivity index (χ1v) is 10.6. The smallest absolute Gasteiger partial charge is 0.341 e. The van der Waals surface area contributed by atoms with Gasteiger partial charge in [0.05, 0.1) is 27.8 Å². The summed E-state index contributed by atoms with van der Waals surface area (Å²) in [6.45, 7) is 0. The Hall–Kier alpha value is -2.84. The summed E-state index contributed by atoms with van der Waals surface area (Å²) in [4.78, 5) is 25.1. The Labute approximate surface area is 186 Å². The second-order valence-electron chi connectivity index (χ2n) is 6.27. The van der Waals surface area contributed by atoms with Crippen molar-refractivity contribution in [1.29, 1.82) is 0 Å². The van der Waals surface area contributed by atoms with Crippen LogP contribution in [0.4, 0.5) is 5.00 Å². The number of esters is 1. The summed E-state index contributed by atoms with van der Waals surface area (Å²) in [5.41, 5.74) is 2.57. The first kappa shape index (κ1) is 21.9. The van der Waals surface area contributed by atoms with Gasteiger partial charge in [-0.05, 0) is 35.4 Å². The Balaban J connectivity index is 1.91. The molecule has 0 atom stereocenters. The predicted octanol–water partition coefficient (Wildman–Crippen LogP) is 5.16. The number of amides is 1. The van der Waals surface area contributed by atoms with Gasteiger partial charge in [0.2, 0.25) is 5.91 Å². The van der Waals surface area contributed by atoms with E-state index in [2.05, 4.69) is 21.2 Å². The molecule has 1 heterocycles. The molecule has 0 unspecified atom stereocenters. The average Bonchev–Trinajstić information content (AvgIpc) is 3.17. The summed E-state index contributed by atoms with van der Waals surface area (Å²) >= 11 is 4.64. The van der Waals surface area contributed by atoms with Crippen LogP contribution in [-0.4, -0.2) is 33.2 Å². The summed E-state index contributed by atoms with van der Waals surface area (Å²) < 4.78 is 16.5. The van der Waals surface area contributed by atoms with E-state index < -0.39 is 5.97 Å². The van der Waals surface area contributed by atoms with E-state index in [0.717, 1.165) is 15.6 Å². The number of carbonyl (C=O) groups is 2. The van der Waals surface area contributed by atoms with Crippen molar-refractivity contribution in [2.45, 2.75) is 6.42 Å². The Morgan fingerprint density at radius 2 is 1.70 bits per heavy atom. The molecule has 6 nitrogen and oxygen atoms in total. The van der Waals surface area contributed by atoms with Gasteiger partial charge in [-0.1, -0.05) is 34.1 Å². The van der Waals surface area contributed by atoms with Crippen LogP contribution in [-0.2, 0) is 16.0 Å². The van der Waals surface area contributed by atoms with Crippen LogP contribution in [0.5, 0.6) is 11.5 Å². The van der Waals surface area contributed by atoms with Crippen molar-refractivity contribution >= 4 is 44.1 Å². The third-order valence-electron chi connectivity index (χ3n) is 4.41. The molecule has 1 aromatic heterocycles. The minimum absolute atomic E-state index is 0.192. The number of anilines is 1. The molecule has 0 radical (unpaired) electrons. The van der Waals surface area contributed by atoms with Crippen LogP contribution in [0.1, 0.15) is 15.9 Å². The van der Waals surface area contributed by atoms with Gasteiger partial charge in [-0.2, -0.15) is 0 Å². The summed E-state index contributed by atoms with van der Waals surface area (Å²) in [5.74, 6) is 0.375. The third-order valence-corrected chi connectivity index (χ3v) is 5.83. The molecule has 156 valence electrons. The molecule has 0 fully saturated rings. The molecule has 0 bridgehead atoms. The van der Waals surface area contributed by atoms with E-state index in [4.69, 9.17) is 14.2 Å². The lowest BCUT2D eigenvalue weighted by atomic mass is 10.0. The predicted molar refractivity (Wildman–Crippen MR) is 121 cm³/mol. The van der Waals surface area contributed by atoms with Crippen LogP contribution in [0.3, 0.4) is 0 Å². The highest BCUT2D eigenvalue weighted by molar-refractivity contribution is 9.10. The third kappa shape index (κ3) is 4.83. The molecule has 3 aromatic rings. The summed E-state index contributed by atoms with van der Waals surface area (Å²) in [6.07, 6.45) is 0.192. The number of carbonyl (C=O) groups excluding carboxylic acids is 2. The van der Waals surface area contributed by atoms with E-state index in [0.29, 0.717) is 27.6 Å². The molecule has 0 saturated heterocycles. The van der Waals surface area contributed by atoms with E-state index in [1.54, 1.807) is 26.4 Å². The monoisotopic (exact) mass is 489 g/mol. The second-order valence-corrected chi connectivity index (χ2v) is 8.06. The summed E-state index contributed by atoms with van der Waals surface area (Å²) in [5, 5.41) is 5.09. The maximum atomic E-state index is 12.6. The Morgan fingerprint density at radius 1 is 1.00 bits per heavy atom. The summed E-state index contributed by atoms with van der Waals surface area (Å²) in [6, 6.07) is 12.9. The Morgan fingerprint density at radius 3 is 2.33 bits per heavy atom. The Kier molecular flexibility index (Phi) is 7.12. The maximum absolute atomic E-state index is 12.6. The lowest BCUT2D eigenvalue weighted by molar-refractivity contribution is -0.115. The first-order valence-electron chi connectivity index (χ1n) is 8.93. The van der Waals surface area contributed by atoms with Gasteiger partial charge in [0.15, 0.2) is 11.5 Å². The number of rotatable bonds is 7. The van der Waals surface area contributed by atoms with Crippen LogP contribution in [0, 0.1) is 0 Å². The van der Waals surface area contributed by atoms with Crippen LogP contribution < -0.4 is 14.8 Å². The van der Waals surface area contributed by atoms with Crippen molar-refractivity contribution in [1.82, 2.24) is 0 Å². The molecule has 2 aromatic carbocycles. The van der Waals surface area contributed by atoms with Gasteiger partial charge in [0.1, 0.15) is 10.6 Å². The minimum atomic E-state index is -0.528. The Bertz CT molecular complexity index is 1060. The molecule has 3 rings (SSSR count). The van der Waals surface area contributed by atoms with Crippen molar-refractivity contribution in [3.63, 3.8) is 0 Å². The quantitative estimate of drug-likeness (QED) is 0.463. The standard InChI is InChI=1S/C22H20BrNO5S/c1-27-17-9-6-14(11-18(17)28-2)16-12-30-21(20(16)22(26)29-3)24-19(25)10-13-4-7-15(23)8-5-13/h4-9,11-12H,10H2,1-3H3,(H,24,25). The van der Waals surface area contributed by atoms with Crippen LogP contribution in [0.15, 0.2) is 52.3 Å². The number of benzene rings is 2. The number of ether oxygens (including phenoxy) is 3. The van der Waals surface area contributed by atoms with Crippen molar-refractivity contribution < 1.29 is 23.8 Å². The maximum Gasteiger partial charge on any atom is 0.341 e. The van der Waals surface area contributed by atoms with Gasteiger partial charge in [-0.15, -0.1) is 11.3 Å². The zero-order chi connectivity index (χ0) is 21.7. The fraction of sp³-hybridized carbons (Fsp3) is 0.182. The lowest BCUT2D eigenvalue weighted by Crippen LogP contribution is -2.16. The van der Waals surface area contributed by atoms with Crippen LogP contribution in [0.2, 0.25) is 0 Å². The normalized spacial score (nSPS) is 10.4. The molecule has 0 aliphatic carbocycles. The number of thiophene rings is 1. The number of methoxy groups -OCH3 is 3. The number of hydrogen-bond donors (Lipinski definition) is 1. The molecule has 1 N–H and O–H groups in total. The lowest BCUT2D eigenvalue weighted by Gasteiger charge is -2.11. The van der Waals surface area contributed by atoms with E-state index in [1.165, 1.54) is 18.4 Å².